The van der Waals surface area contributed by atoms with Gasteiger partial charge in [0.05, 0.1) is 26.1 Å². The van der Waals surface area contributed by atoms with E-state index in [-0.39, 0.29) is 0 Å². The third kappa shape index (κ3) is 3.74. The summed E-state index contributed by atoms with van der Waals surface area (Å²) in [7, 11) is 3.23. The Morgan fingerprint density at radius 3 is 2.41 bits per heavy atom. The van der Waals surface area contributed by atoms with Crippen LogP contribution in [0.1, 0.15) is 12.5 Å². The summed E-state index contributed by atoms with van der Waals surface area (Å²) in [5.41, 5.74) is 2.80. The number of anilines is 2. The number of nitrogens with zero attached hydrogens (tertiary/aromatic N) is 1. The van der Waals surface area contributed by atoms with Crippen LogP contribution in [0.3, 0.4) is 0 Å². The second kappa shape index (κ2) is 7.75. The number of benzene rings is 1. The van der Waals surface area contributed by atoms with Gasteiger partial charge in [-0.05, 0) is 24.6 Å². The maximum atomic E-state index is 6.07. The van der Waals surface area contributed by atoms with E-state index >= 15 is 0 Å². The van der Waals surface area contributed by atoms with E-state index in [4.69, 9.17) is 21.1 Å². The van der Waals surface area contributed by atoms with Crippen molar-refractivity contribution in [3.05, 3.63) is 41.2 Å². The SMILES string of the molecule is CCNc1c(NCc2ccc(OC)cc2)cnc(Cl)c1OC. The third-order valence-corrected chi connectivity index (χ3v) is 3.46. The van der Waals surface area contributed by atoms with E-state index in [0.717, 1.165) is 29.2 Å². The summed E-state index contributed by atoms with van der Waals surface area (Å²) in [5.74, 6) is 1.38. The van der Waals surface area contributed by atoms with Crippen LogP contribution in [0.4, 0.5) is 11.4 Å². The van der Waals surface area contributed by atoms with Crippen molar-refractivity contribution in [2.45, 2.75) is 13.5 Å². The predicted octanol–water partition coefficient (Wildman–Crippen LogP) is 3.80. The fourth-order valence-corrected chi connectivity index (χ4v) is 2.30. The normalized spacial score (nSPS) is 10.2. The number of hydrogen-bond acceptors (Lipinski definition) is 5. The lowest BCUT2D eigenvalue weighted by molar-refractivity contribution is 0.414. The monoisotopic (exact) mass is 321 g/mol. The molecule has 2 N–H and O–H groups in total. The number of aromatic nitrogens is 1. The van der Waals surface area contributed by atoms with Crippen LogP contribution in [0, 0.1) is 0 Å². The molecule has 0 bridgehead atoms. The summed E-state index contributed by atoms with van der Waals surface area (Å²) in [6.07, 6.45) is 1.70. The molecule has 0 fully saturated rings. The van der Waals surface area contributed by atoms with Crippen molar-refractivity contribution in [3.63, 3.8) is 0 Å². The first-order valence-electron chi connectivity index (χ1n) is 7.02. The van der Waals surface area contributed by atoms with Gasteiger partial charge in [0, 0.05) is 13.1 Å². The van der Waals surface area contributed by atoms with E-state index in [2.05, 4.69) is 15.6 Å². The fraction of sp³-hybridized carbons (Fsp3) is 0.312. The smallest absolute Gasteiger partial charge is 0.181 e. The van der Waals surface area contributed by atoms with Crippen LogP contribution in [0.15, 0.2) is 30.5 Å². The average molecular weight is 322 g/mol. The van der Waals surface area contributed by atoms with Crippen LogP contribution >= 0.6 is 11.6 Å². The zero-order valence-electron chi connectivity index (χ0n) is 12.9. The molecule has 0 unspecified atom stereocenters. The number of methoxy groups -OCH3 is 2. The quantitative estimate of drug-likeness (QED) is 0.760. The summed E-state index contributed by atoms with van der Waals surface area (Å²) >= 11 is 6.07. The van der Waals surface area contributed by atoms with Crippen molar-refractivity contribution >= 4 is 23.0 Å². The minimum Gasteiger partial charge on any atom is -0.497 e. The topological polar surface area (TPSA) is 55.4 Å². The van der Waals surface area contributed by atoms with Crippen molar-refractivity contribution in [1.82, 2.24) is 4.98 Å². The minimum absolute atomic E-state index is 0.341. The largest absolute Gasteiger partial charge is 0.497 e. The summed E-state index contributed by atoms with van der Waals surface area (Å²) in [6, 6.07) is 7.89. The molecular weight excluding hydrogens is 302 g/mol. The van der Waals surface area contributed by atoms with E-state index in [0.29, 0.717) is 17.4 Å². The molecule has 1 aromatic carbocycles. The molecule has 0 spiro atoms. The number of nitrogens with one attached hydrogen (secondary N) is 2. The van der Waals surface area contributed by atoms with Gasteiger partial charge in [-0.15, -0.1) is 0 Å². The molecule has 22 heavy (non-hydrogen) atoms. The van der Waals surface area contributed by atoms with Gasteiger partial charge < -0.3 is 20.1 Å². The highest BCUT2D eigenvalue weighted by Crippen LogP contribution is 2.37. The van der Waals surface area contributed by atoms with Crippen LogP contribution in [0.5, 0.6) is 11.5 Å². The van der Waals surface area contributed by atoms with Gasteiger partial charge in [-0.2, -0.15) is 0 Å². The van der Waals surface area contributed by atoms with Gasteiger partial charge in [0.2, 0.25) is 0 Å². The highest BCUT2D eigenvalue weighted by atomic mass is 35.5. The summed E-state index contributed by atoms with van der Waals surface area (Å²) < 4.78 is 10.5. The van der Waals surface area contributed by atoms with Crippen molar-refractivity contribution in [2.75, 3.05) is 31.4 Å². The van der Waals surface area contributed by atoms with Crippen molar-refractivity contribution in [2.24, 2.45) is 0 Å². The number of hydrogen-bond donors (Lipinski definition) is 2. The Morgan fingerprint density at radius 2 is 1.82 bits per heavy atom. The Morgan fingerprint density at radius 1 is 1.09 bits per heavy atom. The minimum atomic E-state index is 0.341. The lowest BCUT2D eigenvalue weighted by Gasteiger charge is -2.16. The molecular formula is C16H20ClN3O2. The molecule has 1 heterocycles. The van der Waals surface area contributed by atoms with Gasteiger partial charge >= 0.3 is 0 Å². The molecule has 0 saturated heterocycles. The molecule has 1 aromatic heterocycles. The molecule has 118 valence electrons. The third-order valence-electron chi connectivity index (χ3n) is 3.19. The number of pyridine rings is 1. The first-order valence-corrected chi connectivity index (χ1v) is 7.40. The lowest BCUT2D eigenvalue weighted by Crippen LogP contribution is -2.07. The Balaban J connectivity index is 2.17. The van der Waals surface area contributed by atoms with Crippen molar-refractivity contribution in [1.29, 1.82) is 0 Å². The molecule has 5 nitrogen and oxygen atoms in total. The highest BCUT2D eigenvalue weighted by Gasteiger charge is 2.13. The van der Waals surface area contributed by atoms with E-state index < -0.39 is 0 Å². The van der Waals surface area contributed by atoms with E-state index in [1.165, 1.54) is 0 Å². The number of rotatable bonds is 7. The maximum absolute atomic E-state index is 6.07. The summed E-state index contributed by atoms with van der Waals surface area (Å²) in [6.45, 7) is 3.43. The van der Waals surface area contributed by atoms with Crippen LogP contribution in [0.25, 0.3) is 0 Å². The second-order valence-corrected chi connectivity index (χ2v) is 4.96. The molecule has 0 aliphatic carbocycles. The van der Waals surface area contributed by atoms with Crippen molar-refractivity contribution in [3.8, 4) is 11.5 Å². The summed E-state index contributed by atoms with van der Waals surface area (Å²) in [4.78, 5) is 4.15. The highest BCUT2D eigenvalue weighted by molar-refractivity contribution is 6.31. The predicted molar refractivity (Wildman–Crippen MR) is 90.3 cm³/mol. The molecule has 0 aliphatic rings. The average Bonchev–Trinajstić information content (AvgIpc) is 2.55. The number of halogens is 1. The van der Waals surface area contributed by atoms with Gasteiger partial charge in [-0.25, -0.2) is 4.98 Å². The van der Waals surface area contributed by atoms with E-state index in [1.54, 1.807) is 20.4 Å². The van der Waals surface area contributed by atoms with Crippen molar-refractivity contribution < 1.29 is 9.47 Å². The maximum Gasteiger partial charge on any atom is 0.181 e. The molecule has 2 rings (SSSR count). The summed E-state index contributed by atoms with van der Waals surface area (Å²) in [5, 5.41) is 6.95. The zero-order chi connectivity index (χ0) is 15.9. The molecule has 2 aromatic rings. The lowest BCUT2D eigenvalue weighted by atomic mass is 10.2. The second-order valence-electron chi connectivity index (χ2n) is 4.60. The molecule has 0 aliphatic heterocycles. The Kier molecular flexibility index (Phi) is 5.72. The van der Waals surface area contributed by atoms with E-state index in [9.17, 15) is 0 Å². The Hall–Kier alpha value is -2.14. The van der Waals surface area contributed by atoms with Gasteiger partial charge in [0.25, 0.3) is 0 Å². The van der Waals surface area contributed by atoms with Gasteiger partial charge in [-0.1, -0.05) is 23.7 Å². The van der Waals surface area contributed by atoms with Crippen LogP contribution in [-0.2, 0) is 6.54 Å². The molecule has 0 amide bonds. The molecule has 0 radical (unpaired) electrons. The van der Waals surface area contributed by atoms with Gasteiger partial charge in [0.15, 0.2) is 10.9 Å². The first kappa shape index (κ1) is 16.2. The van der Waals surface area contributed by atoms with Crippen LogP contribution in [0.2, 0.25) is 5.15 Å². The zero-order valence-corrected chi connectivity index (χ0v) is 13.7. The Bertz CT molecular complexity index is 618. The first-order chi connectivity index (χ1) is 10.7. The van der Waals surface area contributed by atoms with E-state index in [1.807, 2.05) is 31.2 Å². The fourth-order valence-electron chi connectivity index (χ4n) is 2.08. The molecule has 6 heteroatoms. The van der Waals surface area contributed by atoms with Crippen LogP contribution < -0.4 is 20.1 Å². The molecule has 0 saturated carbocycles. The van der Waals surface area contributed by atoms with Gasteiger partial charge in [0.1, 0.15) is 11.4 Å². The molecule has 0 atom stereocenters. The van der Waals surface area contributed by atoms with Gasteiger partial charge in [-0.3, -0.25) is 0 Å². The van der Waals surface area contributed by atoms with Crippen LogP contribution in [-0.4, -0.2) is 25.7 Å². The Labute approximate surface area is 135 Å². The standard InChI is InChI=1S/C16H20ClN3O2/c1-4-18-14-13(10-20-16(17)15(14)22-3)19-9-11-5-7-12(21-2)8-6-11/h5-8,10,19H,4,9H2,1-3H3,(H,18,20). The number of ether oxygens (including phenoxy) is 2.